The van der Waals surface area contributed by atoms with Gasteiger partial charge in [-0.2, -0.15) is 10.2 Å². The predicted molar refractivity (Wildman–Crippen MR) is 96.8 cm³/mol. The Morgan fingerprint density at radius 2 is 2.15 bits per heavy atom. The van der Waals surface area contributed by atoms with Gasteiger partial charge >= 0.3 is 0 Å². The van der Waals surface area contributed by atoms with E-state index >= 15 is 0 Å². The summed E-state index contributed by atoms with van der Waals surface area (Å²) in [6, 6.07) is 5.42. The molecule has 1 amide bonds. The molecule has 3 rings (SSSR count). The first-order chi connectivity index (χ1) is 12.6. The van der Waals surface area contributed by atoms with E-state index in [0.29, 0.717) is 37.3 Å². The van der Waals surface area contributed by atoms with Crippen LogP contribution in [-0.4, -0.2) is 21.5 Å². The summed E-state index contributed by atoms with van der Waals surface area (Å²) in [5.41, 5.74) is 1.19. The first-order valence-electron chi connectivity index (χ1n) is 8.32. The van der Waals surface area contributed by atoms with E-state index in [4.69, 9.17) is 11.2 Å². The van der Waals surface area contributed by atoms with Crippen LogP contribution in [0, 0.1) is 19.3 Å². The Bertz CT molecular complexity index is 852. The van der Waals surface area contributed by atoms with Crippen LogP contribution >= 0.6 is 0 Å². The van der Waals surface area contributed by atoms with Gasteiger partial charge in [-0.3, -0.25) is 9.78 Å². The second-order valence-corrected chi connectivity index (χ2v) is 6.06. The second kappa shape index (κ2) is 7.74. The van der Waals surface area contributed by atoms with Crippen LogP contribution in [0.5, 0.6) is 11.6 Å². The second-order valence-electron chi connectivity index (χ2n) is 6.06. The van der Waals surface area contributed by atoms with Crippen LogP contribution in [0.1, 0.15) is 31.2 Å². The molecule has 1 aromatic carbocycles. The molecule has 1 aromatic heterocycles. The highest BCUT2D eigenvalue weighted by Crippen LogP contribution is 2.37. The van der Waals surface area contributed by atoms with Gasteiger partial charge in [0.1, 0.15) is 5.75 Å². The summed E-state index contributed by atoms with van der Waals surface area (Å²) in [4.78, 5) is 20.2. The zero-order valence-corrected chi connectivity index (χ0v) is 14.5. The van der Waals surface area contributed by atoms with E-state index in [1.165, 1.54) is 6.20 Å². The van der Waals surface area contributed by atoms with Crippen LogP contribution in [0.4, 0.5) is 5.69 Å². The number of hydrogen-bond acceptors (Lipinski definition) is 6. The standard InChI is InChI=1S/C19H19N5O2/c1-3-4-8-19(23-24-19)9-7-17(25)22-16-6-5-15(12-14(16)2)26-18-13-20-10-11-21-18/h1,5-6,10-13H,4,7-9H2,2H3,(H,22,25). The zero-order chi connectivity index (χ0) is 18.4. The molecule has 0 saturated heterocycles. The van der Waals surface area contributed by atoms with Crippen LogP contribution in [0.3, 0.4) is 0 Å². The molecule has 0 aliphatic carbocycles. The molecule has 1 N–H and O–H groups in total. The summed E-state index contributed by atoms with van der Waals surface area (Å²) in [6.45, 7) is 1.90. The summed E-state index contributed by atoms with van der Waals surface area (Å²) < 4.78 is 5.63. The minimum atomic E-state index is -0.437. The van der Waals surface area contributed by atoms with Crippen molar-refractivity contribution in [2.45, 2.75) is 38.3 Å². The molecule has 1 aliphatic heterocycles. The highest BCUT2D eigenvalue weighted by atomic mass is 16.5. The van der Waals surface area contributed by atoms with Gasteiger partial charge in [-0.25, -0.2) is 4.98 Å². The Kier molecular flexibility index (Phi) is 5.23. The van der Waals surface area contributed by atoms with Gasteiger partial charge in [-0.15, -0.1) is 12.3 Å². The molecule has 26 heavy (non-hydrogen) atoms. The number of terminal acetylenes is 1. The van der Waals surface area contributed by atoms with Crippen molar-refractivity contribution in [2.24, 2.45) is 10.2 Å². The number of ether oxygens (including phenoxy) is 1. The van der Waals surface area contributed by atoms with Gasteiger partial charge in [0.15, 0.2) is 5.66 Å². The number of amides is 1. The van der Waals surface area contributed by atoms with Gasteiger partial charge in [0.05, 0.1) is 6.20 Å². The van der Waals surface area contributed by atoms with Gasteiger partial charge in [0.25, 0.3) is 0 Å². The van der Waals surface area contributed by atoms with Crippen molar-refractivity contribution in [1.82, 2.24) is 9.97 Å². The molecule has 0 radical (unpaired) electrons. The number of benzene rings is 1. The molecular weight excluding hydrogens is 330 g/mol. The van der Waals surface area contributed by atoms with Crippen molar-refractivity contribution < 1.29 is 9.53 Å². The Morgan fingerprint density at radius 1 is 1.31 bits per heavy atom. The lowest BCUT2D eigenvalue weighted by molar-refractivity contribution is -0.116. The number of anilines is 1. The Labute approximate surface area is 151 Å². The summed E-state index contributed by atoms with van der Waals surface area (Å²) in [7, 11) is 0. The van der Waals surface area contributed by atoms with Gasteiger partial charge < -0.3 is 10.1 Å². The highest BCUT2D eigenvalue weighted by molar-refractivity contribution is 5.91. The summed E-state index contributed by atoms with van der Waals surface area (Å²) in [6.07, 6.45) is 12.2. The Balaban J connectivity index is 1.53. The third-order valence-corrected chi connectivity index (χ3v) is 4.04. The van der Waals surface area contributed by atoms with Crippen LogP contribution in [0.2, 0.25) is 0 Å². The van der Waals surface area contributed by atoms with Crippen LogP contribution in [0.15, 0.2) is 47.0 Å². The summed E-state index contributed by atoms with van der Waals surface area (Å²) in [5.74, 6) is 3.55. The fraction of sp³-hybridized carbons (Fsp3) is 0.316. The molecule has 7 heteroatoms. The van der Waals surface area contributed by atoms with Crippen molar-refractivity contribution in [2.75, 3.05) is 5.32 Å². The Hall–Kier alpha value is -3.27. The van der Waals surface area contributed by atoms with Crippen molar-refractivity contribution >= 4 is 11.6 Å². The first-order valence-corrected chi connectivity index (χ1v) is 8.32. The average Bonchev–Trinajstić information content (AvgIpc) is 3.42. The predicted octanol–water partition coefficient (Wildman–Crippen LogP) is 3.87. The average molecular weight is 349 g/mol. The van der Waals surface area contributed by atoms with E-state index in [-0.39, 0.29) is 5.91 Å². The number of carbonyl (C=O) groups excluding carboxylic acids is 1. The number of aryl methyl sites for hydroxylation is 1. The van der Waals surface area contributed by atoms with Crippen molar-refractivity contribution in [3.63, 3.8) is 0 Å². The molecule has 0 fully saturated rings. The zero-order valence-electron chi connectivity index (χ0n) is 14.5. The lowest BCUT2D eigenvalue weighted by Crippen LogP contribution is -2.18. The van der Waals surface area contributed by atoms with E-state index in [0.717, 1.165) is 11.3 Å². The smallest absolute Gasteiger partial charge is 0.237 e. The fourth-order valence-electron chi connectivity index (χ4n) is 2.49. The van der Waals surface area contributed by atoms with Gasteiger partial charge in [-0.1, -0.05) is 0 Å². The maximum Gasteiger partial charge on any atom is 0.237 e. The molecule has 0 saturated carbocycles. The van der Waals surface area contributed by atoms with E-state index in [1.807, 2.05) is 13.0 Å². The normalized spacial score (nSPS) is 13.7. The van der Waals surface area contributed by atoms with Gasteiger partial charge in [0, 0.05) is 43.8 Å². The van der Waals surface area contributed by atoms with Crippen LogP contribution < -0.4 is 10.1 Å². The lowest BCUT2D eigenvalue weighted by Gasteiger charge is -2.12. The van der Waals surface area contributed by atoms with Crippen LogP contribution in [0.25, 0.3) is 0 Å². The quantitative estimate of drug-likeness (QED) is 0.733. The van der Waals surface area contributed by atoms with Crippen molar-refractivity contribution in [1.29, 1.82) is 0 Å². The molecule has 0 bridgehead atoms. The lowest BCUT2D eigenvalue weighted by atomic mass is 10.0. The number of nitrogens with zero attached hydrogens (tertiary/aromatic N) is 4. The first kappa shape index (κ1) is 17.5. The maximum atomic E-state index is 12.2. The molecule has 0 spiro atoms. The molecule has 132 valence electrons. The minimum absolute atomic E-state index is 0.0759. The number of hydrogen-bond donors (Lipinski definition) is 1. The molecular formula is C19H19N5O2. The number of carbonyl (C=O) groups is 1. The number of nitrogens with one attached hydrogen (secondary N) is 1. The van der Waals surface area contributed by atoms with E-state index in [9.17, 15) is 4.79 Å². The number of rotatable bonds is 8. The van der Waals surface area contributed by atoms with Gasteiger partial charge in [-0.05, 0) is 30.7 Å². The summed E-state index contributed by atoms with van der Waals surface area (Å²) in [5, 5.41) is 11.0. The largest absolute Gasteiger partial charge is 0.437 e. The fourth-order valence-corrected chi connectivity index (χ4v) is 2.49. The monoisotopic (exact) mass is 349 g/mol. The van der Waals surface area contributed by atoms with Crippen molar-refractivity contribution in [3.8, 4) is 24.0 Å². The van der Waals surface area contributed by atoms with Crippen molar-refractivity contribution in [3.05, 3.63) is 42.4 Å². The third-order valence-electron chi connectivity index (χ3n) is 4.04. The molecule has 0 unspecified atom stereocenters. The maximum absolute atomic E-state index is 12.2. The van der Waals surface area contributed by atoms with Crippen LogP contribution in [-0.2, 0) is 4.79 Å². The minimum Gasteiger partial charge on any atom is -0.437 e. The van der Waals surface area contributed by atoms with Gasteiger partial charge in [0.2, 0.25) is 11.8 Å². The Morgan fingerprint density at radius 3 is 2.81 bits per heavy atom. The van der Waals surface area contributed by atoms with E-state index in [2.05, 4.69) is 31.4 Å². The molecule has 2 aromatic rings. The topological polar surface area (TPSA) is 88.8 Å². The highest BCUT2D eigenvalue weighted by Gasteiger charge is 2.39. The van der Waals surface area contributed by atoms with E-state index < -0.39 is 5.66 Å². The number of aromatic nitrogens is 2. The third kappa shape index (κ3) is 4.63. The molecule has 2 heterocycles. The summed E-state index contributed by atoms with van der Waals surface area (Å²) >= 11 is 0. The molecule has 7 nitrogen and oxygen atoms in total. The van der Waals surface area contributed by atoms with E-state index in [1.54, 1.807) is 24.5 Å². The SMILES string of the molecule is C#CCCC1(CCC(=O)Nc2ccc(Oc3cnccn3)cc2C)N=N1. The molecule has 0 atom stereocenters. The molecule has 1 aliphatic rings.